The highest BCUT2D eigenvalue weighted by molar-refractivity contribution is 5.35. The second kappa shape index (κ2) is 5.89. The average Bonchev–Trinajstić information content (AvgIpc) is 2.39. The molecule has 0 bridgehead atoms. The van der Waals surface area contributed by atoms with Crippen LogP contribution in [0.2, 0.25) is 0 Å². The first-order chi connectivity index (χ1) is 8.70. The predicted octanol–water partition coefficient (Wildman–Crippen LogP) is 1.28. The van der Waals surface area contributed by atoms with Gasteiger partial charge in [0.05, 0.1) is 5.56 Å². The van der Waals surface area contributed by atoms with Gasteiger partial charge in [0.2, 0.25) is 0 Å². The summed E-state index contributed by atoms with van der Waals surface area (Å²) < 4.78 is 26.7. The minimum atomic E-state index is -0.791. The Balaban J connectivity index is 2.02. The molecule has 0 spiro atoms. The smallest absolute Gasteiger partial charge is 0.143 e. The summed E-state index contributed by atoms with van der Waals surface area (Å²) in [6, 6.07) is 3.85. The molecule has 1 aliphatic heterocycles. The van der Waals surface area contributed by atoms with Crippen LogP contribution in [0.3, 0.4) is 0 Å². The molecule has 0 saturated carbocycles. The molecule has 1 aromatic carbocycles. The lowest BCUT2D eigenvalue weighted by molar-refractivity contribution is 0.243. The summed E-state index contributed by atoms with van der Waals surface area (Å²) in [5.41, 5.74) is 0.318. The molecule has 1 fully saturated rings. The molecule has 0 aromatic heterocycles. The van der Waals surface area contributed by atoms with Gasteiger partial charge in [-0.3, -0.25) is 0 Å². The number of piperazine rings is 1. The van der Waals surface area contributed by atoms with Crippen LogP contribution in [-0.2, 0) is 6.42 Å². The van der Waals surface area contributed by atoms with Crippen LogP contribution in [0, 0.1) is 23.0 Å². The van der Waals surface area contributed by atoms with Gasteiger partial charge in [0.25, 0.3) is 0 Å². The van der Waals surface area contributed by atoms with Gasteiger partial charge >= 0.3 is 0 Å². The predicted molar refractivity (Wildman–Crippen MR) is 64.1 cm³/mol. The van der Waals surface area contributed by atoms with Crippen LogP contribution in [0.1, 0.15) is 11.1 Å². The van der Waals surface area contributed by atoms with Gasteiger partial charge in [-0.2, -0.15) is 5.26 Å². The van der Waals surface area contributed by atoms with Crippen LogP contribution in [-0.4, -0.2) is 37.6 Å². The first kappa shape index (κ1) is 12.9. The minimum Gasteiger partial charge on any atom is -0.314 e. The number of nitriles is 1. The van der Waals surface area contributed by atoms with E-state index in [2.05, 4.69) is 10.2 Å². The molecular formula is C13H15F2N3. The molecule has 1 aromatic rings. The van der Waals surface area contributed by atoms with E-state index in [0.717, 1.165) is 38.8 Å². The molecule has 3 nitrogen and oxygen atoms in total. The van der Waals surface area contributed by atoms with E-state index in [4.69, 9.17) is 5.26 Å². The Bertz CT molecular complexity index is 462. The summed E-state index contributed by atoms with van der Waals surface area (Å²) >= 11 is 0. The number of nitrogens with zero attached hydrogens (tertiary/aromatic N) is 2. The monoisotopic (exact) mass is 251 g/mol. The molecule has 1 saturated heterocycles. The van der Waals surface area contributed by atoms with E-state index in [1.807, 2.05) is 0 Å². The number of hydrogen-bond acceptors (Lipinski definition) is 3. The number of hydrogen-bond donors (Lipinski definition) is 1. The van der Waals surface area contributed by atoms with Gasteiger partial charge in [-0.1, -0.05) is 0 Å². The maximum Gasteiger partial charge on any atom is 0.143 e. The molecule has 1 N–H and O–H groups in total. The Kier molecular flexibility index (Phi) is 4.24. The highest BCUT2D eigenvalue weighted by Gasteiger charge is 2.13. The molecule has 1 aliphatic rings. The van der Waals surface area contributed by atoms with Crippen molar-refractivity contribution < 1.29 is 8.78 Å². The first-order valence-corrected chi connectivity index (χ1v) is 6.02. The molecule has 0 atom stereocenters. The SMILES string of the molecule is N#Cc1cc(CCN2CCNCC2)c(F)cc1F. The summed E-state index contributed by atoms with van der Waals surface area (Å²) in [5, 5.41) is 12.0. The molecule has 0 amide bonds. The lowest BCUT2D eigenvalue weighted by atomic mass is 10.1. The van der Waals surface area contributed by atoms with E-state index in [1.54, 1.807) is 6.07 Å². The Hall–Kier alpha value is -1.51. The normalized spacial score (nSPS) is 16.5. The zero-order valence-corrected chi connectivity index (χ0v) is 10.0. The van der Waals surface area contributed by atoms with Crippen LogP contribution >= 0.6 is 0 Å². The largest absolute Gasteiger partial charge is 0.314 e. The van der Waals surface area contributed by atoms with Gasteiger partial charge in [-0.15, -0.1) is 0 Å². The van der Waals surface area contributed by atoms with E-state index >= 15 is 0 Å². The van der Waals surface area contributed by atoms with Gasteiger partial charge in [0, 0.05) is 38.8 Å². The molecule has 1 heterocycles. The zero-order chi connectivity index (χ0) is 13.0. The average molecular weight is 251 g/mol. The van der Waals surface area contributed by atoms with Crippen LogP contribution in [0.4, 0.5) is 8.78 Å². The van der Waals surface area contributed by atoms with E-state index in [1.165, 1.54) is 6.07 Å². The minimum absolute atomic E-state index is 0.0910. The molecule has 0 aliphatic carbocycles. The van der Waals surface area contributed by atoms with Gasteiger partial charge < -0.3 is 10.2 Å². The fourth-order valence-electron chi connectivity index (χ4n) is 2.08. The number of halogens is 2. The zero-order valence-electron chi connectivity index (χ0n) is 10.0. The summed E-state index contributed by atoms with van der Waals surface area (Å²) in [6.45, 7) is 4.49. The van der Waals surface area contributed by atoms with Crippen molar-refractivity contribution in [3.63, 3.8) is 0 Å². The van der Waals surface area contributed by atoms with Gasteiger partial charge in [-0.05, 0) is 18.1 Å². The fraction of sp³-hybridized carbons (Fsp3) is 0.462. The summed E-state index contributed by atoms with van der Waals surface area (Å²) in [5.74, 6) is -1.36. The van der Waals surface area contributed by atoms with Crippen LogP contribution in [0.25, 0.3) is 0 Å². The van der Waals surface area contributed by atoms with Crippen molar-refractivity contribution in [2.75, 3.05) is 32.7 Å². The highest BCUT2D eigenvalue weighted by atomic mass is 19.1. The fourth-order valence-corrected chi connectivity index (χ4v) is 2.08. The molecule has 18 heavy (non-hydrogen) atoms. The lowest BCUT2D eigenvalue weighted by Gasteiger charge is -2.27. The number of nitrogens with one attached hydrogen (secondary N) is 1. The standard InChI is InChI=1S/C13H15F2N3/c14-12-8-13(15)11(9-16)7-10(12)1-4-18-5-2-17-3-6-18/h7-8,17H,1-6H2. The van der Waals surface area contributed by atoms with Crippen LogP contribution < -0.4 is 5.32 Å². The maximum absolute atomic E-state index is 13.5. The molecule has 96 valence electrons. The summed E-state index contributed by atoms with van der Waals surface area (Å²) in [4.78, 5) is 2.23. The third-order valence-electron chi connectivity index (χ3n) is 3.16. The Labute approximate surface area is 105 Å². The van der Waals surface area contributed by atoms with Crippen LogP contribution in [0.15, 0.2) is 12.1 Å². The van der Waals surface area contributed by atoms with E-state index < -0.39 is 11.6 Å². The molecular weight excluding hydrogens is 236 g/mol. The molecule has 0 radical (unpaired) electrons. The first-order valence-electron chi connectivity index (χ1n) is 6.02. The maximum atomic E-state index is 13.5. The third kappa shape index (κ3) is 3.03. The van der Waals surface area contributed by atoms with Crippen molar-refractivity contribution in [1.82, 2.24) is 10.2 Å². The Morgan fingerprint density at radius 2 is 1.94 bits per heavy atom. The van der Waals surface area contributed by atoms with Gasteiger partial charge in [0.1, 0.15) is 17.7 Å². The third-order valence-corrected chi connectivity index (χ3v) is 3.16. The molecule has 2 rings (SSSR count). The summed E-state index contributed by atoms with van der Waals surface area (Å²) in [6.07, 6.45) is 0.501. The van der Waals surface area contributed by atoms with E-state index in [0.29, 0.717) is 12.0 Å². The van der Waals surface area contributed by atoms with Crippen molar-refractivity contribution in [2.24, 2.45) is 0 Å². The number of benzene rings is 1. The van der Waals surface area contributed by atoms with Crippen LogP contribution in [0.5, 0.6) is 0 Å². The molecule has 0 unspecified atom stereocenters. The van der Waals surface area contributed by atoms with E-state index in [-0.39, 0.29) is 5.56 Å². The topological polar surface area (TPSA) is 39.1 Å². The summed E-state index contributed by atoms with van der Waals surface area (Å²) in [7, 11) is 0. The van der Waals surface area contributed by atoms with Crippen molar-refractivity contribution in [2.45, 2.75) is 6.42 Å². The second-order valence-electron chi connectivity index (χ2n) is 4.38. The van der Waals surface area contributed by atoms with Crippen molar-refractivity contribution >= 4 is 0 Å². The Morgan fingerprint density at radius 1 is 1.22 bits per heavy atom. The lowest BCUT2D eigenvalue weighted by Crippen LogP contribution is -2.44. The van der Waals surface area contributed by atoms with Crippen molar-refractivity contribution in [1.29, 1.82) is 5.26 Å². The van der Waals surface area contributed by atoms with Crippen molar-refractivity contribution in [3.8, 4) is 6.07 Å². The number of rotatable bonds is 3. The molecule has 5 heteroatoms. The van der Waals surface area contributed by atoms with E-state index in [9.17, 15) is 8.78 Å². The van der Waals surface area contributed by atoms with Gasteiger partial charge in [-0.25, -0.2) is 8.78 Å². The Morgan fingerprint density at radius 3 is 2.61 bits per heavy atom. The second-order valence-corrected chi connectivity index (χ2v) is 4.38. The van der Waals surface area contributed by atoms with Crippen molar-refractivity contribution in [3.05, 3.63) is 34.9 Å². The van der Waals surface area contributed by atoms with Gasteiger partial charge in [0.15, 0.2) is 0 Å². The highest BCUT2D eigenvalue weighted by Crippen LogP contribution is 2.15. The quantitative estimate of drug-likeness (QED) is 0.879.